The Kier molecular flexibility index (Phi) is 3.71. The van der Waals surface area contributed by atoms with Crippen molar-refractivity contribution in [2.24, 2.45) is 0 Å². The van der Waals surface area contributed by atoms with Crippen molar-refractivity contribution >= 4 is 27.5 Å². The van der Waals surface area contributed by atoms with E-state index in [0.717, 1.165) is 27.5 Å². The first-order valence-corrected chi connectivity index (χ1v) is 9.24. The van der Waals surface area contributed by atoms with Gasteiger partial charge in [-0.15, -0.1) is 11.8 Å². The average Bonchev–Trinajstić information content (AvgIpc) is 2.46. The van der Waals surface area contributed by atoms with Gasteiger partial charge in [0.25, 0.3) is 10.0 Å². The molecule has 1 heterocycles. The lowest BCUT2D eigenvalue weighted by molar-refractivity contribution is 0.591. The quantitative estimate of drug-likeness (QED) is 0.848. The zero-order valence-electron chi connectivity index (χ0n) is 12.0. The van der Waals surface area contributed by atoms with Crippen LogP contribution in [0.25, 0.3) is 0 Å². The predicted molar refractivity (Wildman–Crippen MR) is 87.6 cm³/mol. The third-order valence-electron chi connectivity index (χ3n) is 3.58. The number of hydrogen-bond donors (Lipinski definition) is 0. The molecule has 0 aromatic heterocycles. The Morgan fingerprint density at radius 1 is 1.10 bits per heavy atom. The molecule has 0 N–H and O–H groups in total. The molecule has 0 saturated carbocycles. The second kappa shape index (κ2) is 5.39. The zero-order valence-corrected chi connectivity index (χ0v) is 13.7. The molecule has 0 radical (unpaired) electrons. The number of aryl methyl sites for hydroxylation is 2. The number of sulfonamides is 1. The van der Waals surface area contributed by atoms with Gasteiger partial charge in [0, 0.05) is 17.2 Å². The first kappa shape index (κ1) is 14.5. The molecule has 3 rings (SSSR count). The second-order valence-corrected chi connectivity index (χ2v) is 8.13. The standard InChI is InChI=1S/C16H17NO2S2/c1-12-7-8-16(13(2)11-12)21(18,19)17-9-10-20-15-6-4-3-5-14(15)17/h3-8,11H,9-10H2,1-2H3. The minimum absolute atomic E-state index is 0.398. The van der Waals surface area contributed by atoms with E-state index in [1.165, 1.54) is 4.31 Å². The Morgan fingerprint density at radius 3 is 2.62 bits per heavy atom. The van der Waals surface area contributed by atoms with Gasteiger partial charge in [-0.05, 0) is 37.6 Å². The smallest absolute Gasteiger partial charge is 0.264 e. The summed E-state index contributed by atoms with van der Waals surface area (Å²) < 4.78 is 27.5. The van der Waals surface area contributed by atoms with Crippen LogP contribution in [-0.2, 0) is 10.0 Å². The van der Waals surface area contributed by atoms with E-state index in [1.807, 2.05) is 50.2 Å². The van der Waals surface area contributed by atoms with Crippen molar-refractivity contribution in [3.05, 3.63) is 53.6 Å². The Hall–Kier alpha value is -1.46. The molecule has 3 nitrogen and oxygen atoms in total. The van der Waals surface area contributed by atoms with Gasteiger partial charge in [0.15, 0.2) is 0 Å². The summed E-state index contributed by atoms with van der Waals surface area (Å²) in [6, 6.07) is 13.2. The number of fused-ring (bicyclic) bond motifs is 1. The molecule has 0 unspecified atom stereocenters. The zero-order chi connectivity index (χ0) is 15.0. The molecule has 0 aliphatic carbocycles. The van der Waals surface area contributed by atoms with Crippen LogP contribution in [-0.4, -0.2) is 20.7 Å². The maximum atomic E-state index is 13.0. The number of para-hydroxylation sites is 1. The molecule has 21 heavy (non-hydrogen) atoms. The summed E-state index contributed by atoms with van der Waals surface area (Å²) in [5.74, 6) is 0.779. The minimum Gasteiger partial charge on any atom is -0.264 e. The van der Waals surface area contributed by atoms with E-state index in [2.05, 4.69) is 0 Å². The lowest BCUT2D eigenvalue weighted by atomic mass is 10.2. The number of rotatable bonds is 2. The molecule has 110 valence electrons. The molecule has 0 bridgehead atoms. The second-order valence-electron chi connectivity index (χ2n) is 5.16. The minimum atomic E-state index is -3.50. The van der Waals surface area contributed by atoms with Gasteiger partial charge < -0.3 is 0 Å². The number of anilines is 1. The van der Waals surface area contributed by atoms with Crippen LogP contribution in [0.1, 0.15) is 11.1 Å². The number of benzene rings is 2. The first-order valence-electron chi connectivity index (χ1n) is 6.82. The third kappa shape index (κ3) is 2.56. The Morgan fingerprint density at radius 2 is 1.86 bits per heavy atom. The van der Waals surface area contributed by atoms with Gasteiger partial charge in [0.05, 0.1) is 10.6 Å². The van der Waals surface area contributed by atoms with E-state index in [1.54, 1.807) is 17.8 Å². The normalized spacial score (nSPS) is 14.9. The summed E-state index contributed by atoms with van der Waals surface area (Å²) in [4.78, 5) is 1.42. The van der Waals surface area contributed by atoms with Gasteiger partial charge in [0.2, 0.25) is 0 Å². The molecule has 0 spiro atoms. The lowest BCUT2D eigenvalue weighted by Crippen LogP contribution is -2.35. The van der Waals surface area contributed by atoms with Gasteiger partial charge in [-0.2, -0.15) is 0 Å². The fraction of sp³-hybridized carbons (Fsp3) is 0.250. The topological polar surface area (TPSA) is 37.4 Å². The molecule has 2 aromatic rings. The highest BCUT2D eigenvalue weighted by Crippen LogP contribution is 2.37. The molecule has 0 amide bonds. The average molecular weight is 319 g/mol. The number of thioether (sulfide) groups is 1. The van der Waals surface area contributed by atoms with Gasteiger partial charge in [-0.1, -0.05) is 29.8 Å². The third-order valence-corrected chi connectivity index (χ3v) is 6.60. The summed E-state index contributed by atoms with van der Waals surface area (Å²) in [5.41, 5.74) is 2.65. The van der Waals surface area contributed by atoms with Crippen LogP contribution in [0.4, 0.5) is 5.69 Å². The Labute approximate surface area is 130 Å². The molecule has 0 atom stereocenters. The van der Waals surface area contributed by atoms with Crippen molar-refractivity contribution in [3.63, 3.8) is 0 Å². The molecule has 1 aliphatic heterocycles. The van der Waals surface area contributed by atoms with E-state index >= 15 is 0 Å². The highest BCUT2D eigenvalue weighted by molar-refractivity contribution is 8.00. The summed E-state index contributed by atoms with van der Waals surface area (Å²) in [6.45, 7) is 4.33. The maximum absolute atomic E-state index is 13.0. The van der Waals surface area contributed by atoms with Crippen molar-refractivity contribution in [1.82, 2.24) is 0 Å². The summed E-state index contributed by atoms with van der Waals surface area (Å²) in [7, 11) is -3.50. The van der Waals surface area contributed by atoms with Gasteiger partial charge in [-0.25, -0.2) is 8.42 Å². The summed E-state index contributed by atoms with van der Waals surface area (Å²) in [5, 5.41) is 0. The fourth-order valence-electron chi connectivity index (χ4n) is 2.60. The molecular weight excluding hydrogens is 302 g/mol. The molecule has 1 aliphatic rings. The fourth-order valence-corrected chi connectivity index (χ4v) is 5.46. The van der Waals surface area contributed by atoms with Gasteiger partial charge in [-0.3, -0.25) is 4.31 Å². The van der Waals surface area contributed by atoms with Crippen molar-refractivity contribution in [1.29, 1.82) is 0 Å². The van der Waals surface area contributed by atoms with Crippen LogP contribution in [0.2, 0.25) is 0 Å². The van der Waals surface area contributed by atoms with E-state index in [0.29, 0.717) is 11.4 Å². The van der Waals surface area contributed by atoms with Crippen LogP contribution in [0, 0.1) is 13.8 Å². The van der Waals surface area contributed by atoms with Crippen molar-refractivity contribution in [3.8, 4) is 0 Å². The monoisotopic (exact) mass is 319 g/mol. The molecule has 5 heteroatoms. The predicted octanol–water partition coefficient (Wildman–Crippen LogP) is 3.60. The van der Waals surface area contributed by atoms with Crippen LogP contribution < -0.4 is 4.31 Å². The van der Waals surface area contributed by atoms with Crippen LogP contribution in [0.5, 0.6) is 0 Å². The lowest BCUT2D eigenvalue weighted by Gasteiger charge is -2.30. The summed E-state index contributed by atoms with van der Waals surface area (Å²) in [6.07, 6.45) is 0. The van der Waals surface area contributed by atoms with Gasteiger partial charge in [0.1, 0.15) is 0 Å². The van der Waals surface area contributed by atoms with Crippen LogP contribution >= 0.6 is 11.8 Å². The van der Waals surface area contributed by atoms with Gasteiger partial charge >= 0.3 is 0 Å². The van der Waals surface area contributed by atoms with Crippen LogP contribution in [0.15, 0.2) is 52.3 Å². The SMILES string of the molecule is Cc1ccc(S(=O)(=O)N2CCSc3ccccc32)c(C)c1. The van der Waals surface area contributed by atoms with Crippen molar-refractivity contribution in [2.45, 2.75) is 23.6 Å². The molecule has 2 aromatic carbocycles. The maximum Gasteiger partial charge on any atom is 0.264 e. The Bertz CT molecular complexity index is 785. The van der Waals surface area contributed by atoms with E-state index in [-0.39, 0.29) is 0 Å². The largest absolute Gasteiger partial charge is 0.264 e. The summed E-state index contributed by atoms with van der Waals surface area (Å²) >= 11 is 1.70. The molecule has 0 fully saturated rings. The van der Waals surface area contributed by atoms with Crippen LogP contribution in [0.3, 0.4) is 0 Å². The van der Waals surface area contributed by atoms with Crippen molar-refractivity contribution < 1.29 is 8.42 Å². The Balaban J connectivity index is 2.12. The van der Waals surface area contributed by atoms with E-state index < -0.39 is 10.0 Å². The highest BCUT2D eigenvalue weighted by Gasteiger charge is 2.30. The van der Waals surface area contributed by atoms with E-state index in [4.69, 9.17) is 0 Å². The number of nitrogens with zero attached hydrogens (tertiary/aromatic N) is 1. The molecule has 0 saturated heterocycles. The first-order chi connectivity index (χ1) is 10.00. The number of hydrogen-bond acceptors (Lipinski definition) is 3. The highest BCUT2D eigenvalue weighted by atomic mass is 32.2. The molecular formula is C16H17NO2S2. The van der Waals surface area contributed by atoms with E-state index in [9.17, 15) is 8.42 Å². The van der Waals surface area contributed by atoms with Crippen molar-refractivity contribution in [2.75, 3.05) is 16.6 Å².